The van der Waals surface area contributed by atoms with Gasteiger partial charge in [0.2, 0.25) is 8.96 Å². The molecule has 1 radical (unpaired) electrons. The molecule has 7 nitrogen and oxygen atoms in total. The number of carbonyl (C=O) groups excluding carboxylic acids is 1. The Kier molecular flexibility index (Phi) is 4.34. The molecule has 2 aromatic rings. The number of thioether (sulfide) groups is 1. The number of fused-ring (bicyclic) bond motifs is 1. The fourth-order valence-electron chi connectivity index (χ4n) is 3.20. The number of anilines is 1. The topological polar surface area (TPSA) is 77.5 Å². The normalized spacial score (nSPS) is 18.7. The maximum absolute atomic E-state index is 12.8. The second-order valence-corrected chi connectivity index (χ2v) is 9.53. The van der Waals surface area contributed by atoms with E-state index in [-0.39, 0.29) is 5.91 Å². The largest absolute Gasteiger partial charge is 0.346 e. The molecular weight excluding hydrogens is 352 g/mol. The van der Waals surface area contributed by atoms with Crippen molar-refractivity contribution in [1.82, 2.24) is 19.9 Å². The number of hydrogen-bond donors (Lipinski definition) is 1. The molecule has 0 unspecified atom stereocenters. The third-order valence-corrected chi connectivity index (χ3v) is 7.52. The minimum Gasteiger partial charge on any atom is -0.346 e. The highest BCUT2D eigenvalue weighted by atomic mass is 32.2. The summed E-state index contributed by atoms with van der Waals surface area (Å²) in [6, 6.07) is 0.997. The summed E-state index contributed by atoms with van der Waals surface area (Å²) in [6.45, 7) is 7.29. The highest BCUT2D eigenvalue weighted by molar-refractivity contribution is 8.04. The van der Waals surface area contributed by atoms with Gasteiger partial charge in [0.05, 0.1) is 10.3 Å². The maximum atomic E-state index is 12.8. The van der Waals surface area contributed by atoms with Crippen molar-refractivity contribution in [2.45, 2.75) is 13.0 Å². The van der Waals surface area contributed by atoms with Crippen molar-refractivity contribution >= 4 is 50.2 Å². The van der Waals surface area contributed by atoms with E-state index in [4.69, 9.17) is 0 Å². The van der Waals surface area contributed by atoms with Gasteiger partial charge in [-0.05, 0) is 25.2 Å². The lowest BCUT2D eigenvalue weighted by Crippen LogP contribution is -2.34. The maximum Gasteiger partial charge on any atom is 0.261 e. The molecule has 2 aromatic heterocycles. The number of H-pyrrole nitrogens is 1. The zero-order chi connectivity index (χ0) is 17.4. The minimum atomic E-state index is -0.830. The van der Waals surface area contributed by atoms with Crippen molar-refractivity contribution in [3.05, 3.63) is 29.2 Å². The summed E-state index contributed by atoms with van der Waals surface area (Å²) < 4.78 is 4.17. The molecule has 0 atom stereocenters. The number of aryl methyl sites for hydroxylation is 1. The van der Waals surface area contributed by atoms with Gasteiger partial charge in [-0.15, -0.1) is 11.8 Å². The van der Waals surface area contributed by atoms with Crippen LogP contribution >= 0.6 is 11.8 Å². The van der Waals surface area contributed by atoms with E-state index in [1.807, 2.05) is 24.2 Å². The SMILES string of the molecule is C=N[Si]1CCN(C(=O)C2=CN(c3ncnc4[nH]cc(C)c34)CCS2)C1. The standard InChI is InChI=1S/C16H19N6OSSi/c1-11-7-18-14-13(11)15(20-9-19-14)21-3-5-24-12(8-21)16(23)22-4-6-25(10-22)17-2/h7-9H,2-6,10H2,1H3,(H,18,19,20). The van der Waals surface area contributed by atoms with Gasteiger partial charge in [-0.1, -0.05) is 0 Å². The van der Waals surface area contributed by atoms with Crippen molar-refractivity contribution in [2.75, 3.05) is 29.9 Å². The fourth-order valence-corrected chi connectivity index (χ4v) is 5.85. The number of aromatic nitrogens is 3. The zero-order valence-corrected chi connectivity index (χ0v) is 15.8. The van der Waals surface area contributed by atoms with E-state index in [9.17, 15) is 4.79 Å². The highest BCUT2D eigenvalue weighted by Crippen LogP contribution is 2.31. The number of carbonyl (C=O) groups is 1. The van der Waals surface area contributed by atoms with Crippen LogP contribution < -0.4 is 4.90 Å². The van der Waals surface area contributed by atoms with E-state index in [1.54, 1.807) is 18.1 Å². The van der Waals surface area contributed by atoms with Crippen LogP contribution in [0.1, 0.15) is 5.56 Å². The fraction of sp³-hybridized carbons (Fsp3) is 0.375. The van der Waals surface area contributed by atoms with Crippen LogP contribution in [0.4, 0.5) is 5.82 Å². The predicted octanol–water partition coefficient (Wildman–Crippen LogP) is 1.73. The lowest BCUT2D eigenvalue weighted by molar-refractivity contribution is -0.125. The van der Waals surface area contributed by atoms with Crippen molar-refractivity contribution < 1.29 is 4.79 Å². The number of nitrogens with zero attached hydrogens (tertiary/aromatic N) is 5. The molecule has 2 aliphatic heterocycles. The Hall–Kier alpha value is -2.13. The molecule has 0 saturated carbocycles. The van der Waals surface area contributed by atoms with Crippen LogP contribution in [0.3, 0.4) is 0 Å². The molecule has 0 spiro atoms. The molecular formula is C16H19N6OSSi. The molecule has 2 aliphatic rings. The van der Waals surface area contributed by atoms with Crippen LogP contribution in [0.15, 0.2) is 28.3 Å². The lowest BCUT2D eigenvalue weighted by atomic mass is 10.2. The average molecular weight is 372 g/mol. The van der Waals surface area contributed by atoms with E-state index in [0.29, 0.717) is 0 Å². The summed E-state index contributed by atoms with van der Waals surface area (Å²) >= 11 is 1.62. The molecule has 1 fully saturated rings. The first-order valence-corrected chi connectivity index (χ1v) is 11.0. The van der Waals surface area contributed by atoms with Gasteiger partial charge in [0.25, 0.3) is 5.91 Å². The molecule has 129 valence electrons. The molecule has 4 rings (SSSR count). The minimum absolute atomic E-state index is 0.106. The molecule has 1 N–H and O–H groups in total. The van der Waals surface area contributed by atoms with E-state index < -0.39 is 8.96 Å². The van der Waals surface area contributed by atoms with Crippen molar-refractivity contribution in [2.24, 2.45) is 4.66 Å². The van der Waals surface area contributed by atoms with Crippen LogP contribution in [0.25, 0.3) is 11.0 Å². The van der Waals surface area contributed by atoms with Gasteiger partial charge < -0.3 is 19.4 Å². The number of amides is 1. The smallest absolute Gasteiger partial charge is 0.261 e. The van der Waals surface area contributed by atoms with Crippen molar-refractivity contribution in [1.29, 1.82) is 0 Å². The van der Waals surface area contributed by atoms with Crippen LogP contribution in [0.2, 0.25) is 6.04 Å². The number of hydrogen-bond acceptors (Lipinski definition) is 6. The van der Waals surface area contributed by atoms with Gasteiger partial charge in [-0.2, -0.15) is 0 Å². The third kappa shape index (κ3) is 2.97. The number of rotatable bonds is 3. The first kappa shape index (κ1) is 16.3. The van der Waals surface area contributed by atoms with Gasteiger partial charge >= 0.3 is 0 Å². The molecule has 0 aliphatic carbocycles. The number of nitrogens with one attached hydrogen (secondary N) is 1. The van der Waals surface area contributed by atoms with Crippen LogP contribution in [0, 0.1) is 6.92 Å². The highest BCUT2D eigenvalue weighted by Gasteiger charge is 2.31. The molecule has 9 heteroatoms. The van der Waals surface area contributed by atoms with Crippen molar-refractivity contribution in [3.63, 3.8) is 0 Å². The molecule has 4 heterocycles. The molecule has 0 aromatic carbocycles. The van der Waals surface area contributed by atoms with E-state index in [1.165, 1.54) is 0 Å². The van der Waals surface area contributed by atoms with E-state index >= 15 is 0 Å². The third-order valence-electron chi connectivity index (χ3n) is 4.55. The van der Waals surface area contributed by atoms with Gasteiger partial charge in [-0.25, -0.2) is 9.97 Å². The first-order chi connectivity index (χ1) is 12.2. The van der Waals surface area contributed by atoms with Crippen molar-refractivity contribution in [3.8, 4) is 0 Å². The second kappa shape index (κ2) is 6.64. The Labute approximate surface area is 151 Å². The van der Waals surface area contributed by atoms with Crippen LogP contribution in [-0.4, -0.2) is 66.4 Å². The van der Waals surface area contributed by atoms with Gasteiger partial charge in [0, 0.05) is 37.4 Å². The van der Waals surface area contributed by atoms with Crippen LogP contribution in [-0.2, 0) is 4.79 Å². The Morgan fingerprint density at radius 2 is 2.32 bits per heavy atom. The summed E-state index contributed by atoms with van der Waals surface area (Å²) in [7, 11) is -0.830. The molecule has 1 saturated heterocycles. The Morgan fingerprint density at radius 3 is 3.12 bits per heavy atom. The van der Waals surface area contributed by atoms with Gasteiger partial charge in [0.15, 0.2) is 0 Å². The lowest BCUT2D eigenvalue weighted by Gasteiger charge is -2.27. The zero-order valence-electron chi connectivity index (χ0n) is 14.0. The Balaban J connectivity index is 1.63. The summed E-state index contributed by atoms with van der Waals surface area (Å²) in [5.74, 6) is 1.82. The van der Waals surface area contributed by atoms with Gasteiger partial charge in [-0.3, -0.25) is 4.79 Å². The predicted molar refractivity (Wildman–Crippen MR) is 103 cm³/mol. The summed E-state index contributed by atoms with van der Waals surface area (Å²) in [6.07, 6.45) is 6.21. The molecule has 1 amide bonds. The number of aromatic amines is 1. The molecule has 0 bridgehead atoms. The van der Waals surface area contributed by atoms with Gasteiger partial charge in [0.1, 0.15) is 17.8 Å². The molecule has 25 heavy (non-hydrogen) atoms. The van der Waals surface area contributed by atoms with E-state index in [0.717, 1.165) is 58.4 Å². The quantitative estimate of drug-likeness (QED) is 0.657. The van der Waals surface area contributed by atoms with E-state index in [2.05, 4.69) is 31.2 Å². The Bertz CT molecular complexity index is 865. The summed E-state index contributed by atoms with van der Waals surface area (Å²) in [5, 5.41) is 1.01. The monoisotopic (exact) mass is 371 g/mol. The average Bonchev–Trinajstić information content (AvgIpc) is 3.28. The summed E-state index contributed by atoms with van der Waals surface area (Å²) in [4.78, 5) is 29.5. The second-order valence-electron chi connectivity index (χ2n) is 6.13. The Morgan fingerprint density at radius 1 is 1.44 bits per heavy atom. The first-order valence-electron chi connectivity index (χ1n) is 8.18. The summed E-state index contributed by atoms with van der Waals surface area (Å²) in [5.41, 5.74) is 1.93. The van der Waals surface area contributed by atoms with Crippen LogP contribution in [0.5, 0.6) is 0 Å².